The van der Waals surface area contributed by atoms with Gasteiger partial charge in [0.25, 0.3) is 0 Å². The maximum absolute atomic E-state index is 11.1. The standard InChI is InChI=1S/C26H23N3O2S/c1-3-22-17(2)27-25(29-24(22)28-20-12-10-19(11-13-20)26(30)31)23-16-15-21(32-23)14-9-18-7-5-4-6-8-18/h4-16H,3H2,1-2H3,(H,30,31)(H,27,28,29)/b14-9+. The van der Waals surface area contributed by atoms with Gasteiger partial charge in [0.2, 0.25) is 0 Å². The van der Waals surface area contributed by atoms with Crippen LogP contribution in [0.4, 0.5) is 11.5 Å². The molecule has 4 rings (SSSR count). The van der Waals surface area contributed by atoms with Gasteiger partial charge in [-0.2, -0.15) is 0 Å². The van der Waals surface area contributed by atoms with E-state index in [2.05, 4.69) is 42.6 Å². The lowest BCUT2D eigenvalue weighted by atomic mass is 10.1. The van der Waals surface area contributed by atoms with Crippen molar-refractivity contribution in [2.45, 2.75) is 20.3 Å². The normalized spacial score (nSPS) is 11.1. The van der Waals surface area contributed by atoms with Crippen LogP contribution in [0, 0.1) is 6.92 Å². The third-order valence-corrected chi connectivity index (χ3v) is 6.10. The van der Waals surface area contributed by atoms with Gasteiger partial charge in [0, 0.05) is 21.8 Å². The van der Waals surface area contributed by atoms with Gasteiger partial charge in [0.1, 0.15) is 5.82 Å². The van der Waals surface area contributed by atoms with E-state index in [9.17, 15) is 4.79 Å². The summed E-state index contributed by atoms with van der Waals surface area (Å²) in [6.07, 6.45) is 4.98. The second-order valence-corrected chi connectivity index (χ2v) is 8.38. The first-order valence-corrected chi connectivity index (χ1v) is 11.2. The summed E-state index contributed by atoms with van der Waals surface area (Å²) in [5, 5.41) is 12.4. The average molecular weight is 442 g/mol. The van der Waals surface area contributed by atoms with Gasteiger partial charge in [-0.15, -0.1) is 11.3 Å². The van der Waals surface area contributed by atoms with Gasteiger partial charge in [-0.1, -0.05) is 43.3 Å². The van der Waals surface area contributed by atoms with E-state index in [1.54, 1.807) is 35.6 Å². The van der Waals surface area contributed by atoms with Crippen molar-refractivity contribution in [1.82, 2.24) is 9.97 Å². The summed E-state index contributed by atoms with van der Waals surface area (Å²) in [6, 6.07) is 21.0. The molecule has 0 spiro atoms. The summed E-state index contributed by atoms with van der Waals surface area (Å²) in [7, 11) is 0. The molecule has 0 bridgehead atoms. The number of carboxylic acids is 1. The molecule has 0 aliphatic rings. The monoisotopic (exact) mass is 441 g/mol. The van der Waals surface area contributed by atoms with E-state index in [0.29, 0.717) is 5.82 Å². The zero-order valence-corrected chi connectivity index (χ0v) is 18.7. The van der Waals surface area contributed by atoms with Crippen LogP contribution in [-0.4, -0.2) is 21.0 Å². The molecule has 0 saturated carbocycles. The molecule has 2 aromatic heterocycles. The van der Waals surface area contributed by atoms with Crippen LogP contribution in [0.1, 0.15) is 39.0 Å². The van der Waals surface area contributed by atoms with Crippen molar-refractivity contribution < 1.29 is 9.90 Å². The first kappa shape index (κ1) is 21.5. The SMILES string of the molecule is CCc1c(C)nc(-c2ccc(/C=C/c3ccccc3)s2)nc1Nc1ccc(C(=O)O)cc1. The fourth-order valence-electron chi connectivity index (χ4n) is 3.37. The molecule has 2 aromatic carbocycles. The number of carbonyl (C=O) groups is 1. The Kier molecular flexibility index (Phi) is 6.42. The van der Waals surface area contributed by atoms with Crippen LogP contribution in [0.2, 0.25) is 0 Å². The van der Waals surface area contributed by atoms with Crippen LogP contribution in [0.25, 0.3) is 22.9 Å². The molecule has 0 amide bonds. The molecule has 2 heterocycles. The molecule has 0 unspecified atom stereocenters. The van der Waals surface area contributed by atoms with Gasteiger partial charge >= 0.3 is 5.97 Å². The fourth-order valence-corrected chi connectivity index (χ4v) is 4.22. The van der Waals surface area contributed by atoms with E-state index in [-0.39, 0.29) is 5.56 Å². The number of benzene rings is 2. The first-order valence-electron chi connectivity index (χ1n) is 10.3. The molecule has 0 atom stereocenters. The summed E-state index contributed by atoms with van der Waals surface area (Å²) in [5.41, 5.74) is 4.16. The summed E-state index contributed by atoms with van der Waals surface area (Å²) in [5.74, 6) is 0.474. The van der Waals surface area contributed by atoms with E-state index in [4.69, 9.17) is 15.1 Å². The number of anilines is 2. The van der Waals surface area contributed by atoms with E-state index >= 15 is 0 Å². The number of carboxylic acid groups (broad SMARTS) is 1. The maximum Gasteiger partial charge on any atom is 0.335 e. The highest BCUT2D eigenvalue weighted by atomic mass is 32.1. The average Bonchev–Trinajstić information content (AvgIpc) is 3.28. The zero-order valence-electron chi connectivity index (χ0n) is 17.9. The number of hydrogen-bond donors (Lipinski definition) is 2. The smallest absolute Gasteiger partial charge is 0.335 e. The number of nitrogens with zero attached hydrogens (tertiary/aromatic N) is 2. The second-order valence-electron chi connectivity index (χ2n) is 7.27. The minimum absolute atomic E-state index is 0.250. The number of aromatic nitrogens is 2. The second kappa shape index (κ2) is 9.58. The van der Waals surface area contributed by atoms with Crippen LogP contribution in [0.3, 0.4) is 0 Å². The van der Waals surface area contributed by atoms with Gasteiger partial charge in [0.15, 0.2) is 5.82 Å². The number of thiophene rings is 1. The van der Waals surface area contributed by atoms with E-state index in [0.717, 1.165) is 44.5 Å². The summed E-state index contributed by atoms with van der Waals surface area (Å²) in [6.45, 7) is 4.06. The number of rotatable bonds is 7. The summed E-state index contributed by atoms with van der Waals surface area (Å²) < 4.78 is 0. The minimum atomic E-state index is -0.944. The predicted octanol–water partition coefficient (Wildman–Crippen LogP) is 6.69. The summed E-state index contributed by atoms with van der Waals surface area (Å²) in [4.78, 5) is 22.8. The Bertz CT molecular complexity index is 1260. The van der Waals surface area contributed by atoms with Gasteiger partial charge in [-0.05, 0) is 61.4 Å². The number of hydrogen-bond acceptors (Lipinski definition) is 5. The van der Waals surface area contributed by atoms with Gasteiger partial charge in [-0.25, -0.2) is 14.8 Å². The maximum atomic E-state index is 11.1. The van der Waals surface area contributed by atoms with Gasteiger partial charge in [0.05, 0.1) is 10.4 Å². The Balaban J connectivity index is 1.61. The van der Waals surface area contributed by atoms with Crippen LogP contribution >= 0.6 is 11.3 Å². The molecular formula is C26H23N3O2S. The largest absolute Gasteiger partial charge is 0.478 e. The Morgan fingerprint density at radius 3 is 2.44 bits per heavy atom. The molecule has 160 valence electrons. The lowest BCUT2D eigenvalue weighted by Crippen LogP contribution is -2.05. The van der Waals surface area contributed by atoms with Crippen molar-refractivity contribution in [3.8, 4) is 10.7 Å². The molecule has 0 radical (unpaired) electrons. The van der Waals surface area contributed by atoms with Crippen LogP contribution in [0.5, 0.6) is 0 Å². The molecule has 2 N–H and O–H groups in total. The van der Waals surface area contributed by atoms with Crippen molar-refractivity contribution in [2.24, 2.45) is 0 Å². The van der Waals surface area contributed by atoms with Crippen molar-refractivity contribution in [1.29, 1.82) is 0 Å². The highest BCUT2D eigenvalue weighted by Crippen LogP contribution is 2.30. The number of aryl methyl sites for hydroxylation is 1. The highest BCUT2D eigenvalue weighted by Gasteiger charge is 2.14. The van der Waals surface area contributed by atoms with E-state index in [1.165, 1.54) is 0 Å². The highest BCUT2D eigenvalue weighted by molar-refractivity contribution is 7.16. The third kappa shape index (κ3) is 4.92. The van der Waals surface area contributed by atoms with Crippen LogP contribution in [0.15, 0.2) is 66.7 Å². The fraction of sp³-hybridized carbons (Fsp3) is 0.115. The van der Waals surface area contributed by atoms with Gasteiger partial charge < -0.3 is 10.4 Å². The minimum Gasteiger partial charge on any atom is -0.478 e. The first-order chi connectivity index (χ1) is 15.5. The predicted molar refractivity (Wildman–Crippen MR) is 132 cm³/mol. The molecule has 32 heavy (non-hydrogen) atoms. The molecule has 0 aliphatic heterocycles. The molecule has 5 nitrogen and oxygen atoms in total. The Hall–Kier alpha value is -3.77. The van der Waals surface area contributed by atoms with Crippen molar-refractivity contribution in [3.05, 3.63) is 94.0 Å². The van der Waals surface area contributed by atoms with Crippen molar-refractivity contribution >= 4 is 41.0 Å². The Morgan fingerprint density at radius 1 is 1.00 bits per heavy atom. The quantitative estimate of drug-likeness (QED) is 0.334. The van der Waals surface area contributed by atoms with Gasteiger partial charge in [-0.3, -0.25) is 0 Å². The molecule has 0 aliphatic carbocycles. The molecule has 4 aromatic rings. The van der Waals surface area contributed by atoms with E-state index < -0.39 is 5.97 Å². The zero-order chi connectivity index (χ0) is 22.5. The third-order valence-electron chi connectivity index (χ3n) is 5.05. The van der Waals surface area contributed by atoms with Crippen LogP contribution in [-0.2, 0) is 6.42 Å². The number of aromatic carboxylic acids is 1. The van der Waals surface area contributed by atoms with Crippen LogP contribution < -0.4 is 5.32 Å². The van der Waals surface area contributed by atoms with Crippen molar-refractivity contribution in [2.75, 3.05) is 5.32 Å². The molecular weight excluding hydrogens is 418 g/mol. The van der Waals surface area contributed by atoms with E-state index in [1.807, 2.05) is 31.2 Å². The topological polar surface area (TPSA) is 75.1 Å². The lowest BCUT2D eigenvalue weighted by molar-refractivity contribution is 0.0697. The number of nitrogens with one attached hydrogen (secondary N) is 1. The summed E-state index contributed by atoms with van der Waals surface area (Å²) >= 11 is 1.64. The van der Waals surface area contributed by atoms with Crippen molar-refractivity contribution in [3.63, 3.8) is 0 Å². The lowest BCUT2D eigenvalue weighted by Gasteiger charge is -2.13. The molecule has 6 heteroatoms. The Labute approximate surface area is 191 Å². The molecule has 0 fully saturated rings. The molecule has 0 saturated heterocycles. The Morgan fingerprint density at radius 2 is 1.75 bits per heavy atom.